The van der Waals surface area contributed by atoms with E-state index in [-0.39, 0.29) is 18.9 Å². The van der Waals surface area contributed by atoms with Crippen molar-refractivity contribution in [3.8, 4) is 11.3 Å². The lowest BCUT2D eigenvalue weighted by molar-refractivity contribution is 0.0931. The standard InChI is InChI=1S/C24H23FN4O2/c1-2-29-23-19(15-26-29)18(14-22(27-23)16-8-4-3-5-9-16)24(31)28-21(12-13-30)17-10-6-7-11-20(17)25/h3-11,14-15,21,30H,2,12-13H2,1H3,(H,28,31). The van der Waals surface area contributed by atoms with Gasteiger partial charge in [-0.3, -0.25) is 4.79 Å². The quantitative estimate of drug-likeness (QED) is 0.473. The van der Waals surface area contributed by atoms with Crippen molar-refractivity contribution in [2.45, 2.75) is 25.9 Å². The van der Waals surface area contributed by atoms with E-state index in [1.807, 2.05) is 37.3 Å². The molecule has 4 rings (SSSR count). The van der Waals surface area contributed by atoms with Crippen LogP contribution < -0.4 is 5.32 Å². The number of aromatic nitrogens is 3. The Hall–Kier alpha value is -3.58. The van der Waals surface area contributed by atoms with Crippen molar-refractivity contribution in [3.63, 3.8) is 0 Å². The Morgan fingerprint density at radius 3 is 2.61 bits per heavy atom. The lowest BCUT2D eigenvalue weighted by atomic mass is 10.0. The summed E-state index contributed by atoms with van der Waals surface area (Å²) in [4.78, 5) is 18.1. The van der Waals surface area contributed by atoms with Crippen molar-refractivity contribution in [2.24, 2.45) is 0 Å². The fourth-order valence-electron chi connectivity index (χ4n) is 3.65. The maximum Gasteiger partial charge on any atom is 0.252 e. The lowest BCUT2D eigenvalue weighted by Crippen LogP contribution is -2.30. The predicted molar refractivity (Wildman–Crippen MR) is 117 cm³/mol. The van der Waals surface area contributed by atoms with Gasteiger partial charge in [-0.2, -0.15) is 5.10 Å². The van der Waals surface area contributed by atoms with Gasteiger partial charge in [0, 0.05) is 24.3 Å². The predicted octanol–water partition coefficient (Wildman–Crippen LogP) is 4.11. The second kappa shape index (κ2) is 9.06. The van der Waals surface area contributed by atoms with E-state index in [9.17, 15) is 14.3 Å². The molecule has 0 saturated carbocycles. The highest BCUT2D eigenvalue weighted by molar-refractivity contribution is 6.06. The Morgan fingerprint density at radius 1 is 1.16 bits per heavy atom. The van der Waals surface area contributed by atoms with Crippen LogP contribution in [0.1, 0.15) is 35.3 Å². The number of carbonyl (C=O) groups is 1. The second-order valence-corrected chi connectivity index (χ2v) is 7.18. The van der Waals surface area contributed by atoms with E-state index < -0.39 is 11.9 Å². The molecule has 2 aromatic heterocycles. The molecule has 0 saturated heterocycles. The molecule has 0 spiro atoms. The maximum absolute atomic E-state index is 14.3. The molecule has 0 radical (unpaired) electrons. The molecule has 0 aliphatic carbocycles. The molecule has 158 valence electrons. The molecule has 0 aliphatic heterocycles. The zero-order valence-corrected chi connectivity index (χ0v) is 17.1. The fourth-order valence-corrected chi connectivity index (χ4v) is 3.65. The SMILES string of the molecule is CCn1ncc2c(C(=O)NC(CCO)c3ccccc3F)cc(-c3ccccc3)nc21. The van der Waals surface area contributed by atoms with Gasteiger partial charge in [-0.25, -0.2) is 14.1 Å². The third-order valence-corrected chi connectivity index (χ3v) is 5.23. The third-order valence-electron chi connectivity index (χ3n) is 5.23. The number of hydrogen-bond acceptors (Lipinski definition) is 4. The Balaban J connectivity index is 1.78. The summed E-state index contributed by atoms with van der Waals surface area (Å²) in [5.41, 5.74) is 2.88. The summed E-state index contributed by atoms with van der Waals surface area (Å²) in [6.45, 7) is 2.38. The molecule has 1 atom stereocenters. The number of rotatable bonds is 7. The van der Waals surface area contributed by atoms with Crippen LogP contribution in [0.3, 0.4) is 0 Å². The van der Waals surface area contributed by atoms with Crippen molar-refractivity contribution in [3.05, 3.63) is 83.8 Å². The zero-order chi connectivity index (χ0) is 21.8. The van der Waals surface area contributed by atoms with E-state index in [4.69, 9.17) is 4.98 Å². The number of pyridine rings is 1. The normalized spacial score (nSPS) is 12.1. The van der Waals surface area contributed by atoms with Gasteiger partial charge in [-0.15, -0.1) is 0 Å². The van der Waals surface area contributed by atoms with Gasteiger partial charge in [0.15, 0.2) is 5.65 Å². The number of aliphatic hydroxyl groups excluding tert-OH is 1. The molecular formula is C24H23FN4O2. The van der Waals surface area contributed by atoms with Gasteiger partial charge in [0.25, 0.3) is 5.91 Å². The number of nitrogens with zero attached hydrogens (tertiary/aromatic N) is 3. The van der Waals surface area contributed by atoms with Crippen LogP contribution in [-0.4, -0.2) is 32.4 Å². The number of halogens is 1. The monoisotopic (exact) mass is 418 g/mol. The Kier molecular flexibility index (Phi) is 6.04. The number of aliphatic hydroxyl groups is 1. The molecular weight excluding hydrogens is 395 g/mol. The number of hydrogen-bond donors (Lipinski definition) is 2. The van der Waals surface area contributed by atoms with Gasteiger partial charge >= 0.3 is 0 Å². The Bertz CT molecular complexity index is 1210. The van der Waals surface area contributed by atoms with Crippen LogP contribution in [0.15, 0.2) is 66.9 Å². The highest BCUT2D eigenvalue weighted by Gasteiger charge is 2.22. The van der Waals surface area contributed by atoms with Crippen LogP contribution in [-0.2, 0) is 6.54 Å². The van der Waals surface area contributed by atoms with E-state index in [0.717, 1.165) is 5.56 Å². The van der Waals surface area contributed by atoms with Crippen LogP contribution >= 0.6 is 0 Å². The summed E-state index contributed by atoms with van der Waals surface area (Å²) in [5.74, 6) is -0.799. The molecule has 0 aliphatic rings. The lowest BCUT2D eigenvalue weighted by Gasteiger charge is -2.19. The van der Waals surface area contributed by atoms with Crippen molar-refractivity contribution in [2.75, 3.05) is 6.61 Å². The van der Waals surface area contributed by atoms with Gasteiger partial charge in [0.05, 0.1) is 28.9 Å². The van der Waals surface area contributed by atoms with E-state index in [1.54, 1.807) is 35.1 Å². The van der Waals surface area contributed by atoms with E-state index in [2.05, 4.69) is 10.4 Å². The minimum atomic E-state index is -0.664. The van der Waals surface area contributed by atoms with Gasteiger partial charge in [-0.1, -0.05) is 48.5 Å². The van der Waals surface area contributed by atoms with E-state index in [0.29, 0.717) is 34.4 Å². The molecule has 1 amide bonds. The summed E-state index contributed by atoms with van der Waals surface area (Å²) < 4.78 is 16.1. The van der Waals surface area contributed by atoms with Crippen LogP contribution in [0, 0.1) is 5.82 Å². The molecule has 6 nitrogen and oxygen atoms in total. The van der Waals surface area contributed by atoms with Crippen LogP contribution in [0.25, 0.3) is 22.3 Å². The van der Waals surface area contributed by atoms with Gasteiger partial charge in [-0.05, 0) is 25.5 Å². The molecule has 1 unspecified atom stereocenters. The molecule has 4 aromatic rings. The highest BCUT2D eigenvalue weighted by atomic mass is 19.1. The van der Waals surface area contributed by atoms with E-state index in [1.165, 1.54) is 6.07 Å². The molecule has 31 heavy (non-hydrogen) atoms. The average molecular weight is 418 g/mol. The van der Waals surface area contributed by atoms with Crippen molar-refractivity contribution in [1.29, 1.82) is 0 Å². The molecule has 2 N–H and O–H groups in total. The van der Waals surface area contributed by atoms with Gasteiger partial charge < -0.3 is 10.4 Å². The van der Waals surface area contributed by atoms with Gasteiger partial charge in [0.2, 0.25) is 0 Å². The largest absolute Gasteiger partial charge is 0.396 e. The smallest absolute Gasteiger partial charge is 0.252 e. The number of fused-ring (bicyclic) bond motifs is 1. The summed E-state index contributed by atoms with van der Waals surface area (Å²) in [5, 5.41) is 17.3. The zero-order valence-electron chi connectivity index (χ0n) is 17.1. The Morgan fingerprint density at radius 2 is 1.90 bits per heavy atom. The summed E-state index contributed by atoms with van der Waals surface area (Å²) in [6, 6.07) is 16.9. The minimum Gasteiger partial charge on any atom is -0.396 e. The summed E-state index contributed by atoms with van der Waals surface area (Å²) >= 11 is 0. The molecule has 0 bridgehead atoms. The third kappa shape index (κ3) is 4.18. The van der Waals surface area contributed by atoms with Crippen LogP contribution in [0.4, 0.5) is 4.39 Å². The van der Waals surface area contributed by atoms with Crippen LogP contribution in [0.2, 0.25) is 0 Å². The number of carbonyl (C=O) groups excluding carboxylic acids is 1. The fraction of sp³-hybridized carbons (Fsp3) is 0.208. The first-order valence-corrected chi connectivity index (χ1v) is 10.2. The van der Waals surface area contributed by atoms with Crippen molar-refractivity contribution < 1.29 is 14.3 Å². The molecule has 2 heterocycles. The molecule has 0 fully saturated rings. The first-order valence-electron chi connectivity index (χ1n) is 10.2. The Labute approximate surface area is 179 Å². The number of nitrogens with one attached hydrogen (secondary N) is 1. The number of amides is 1. The summed E-state index contributed by atoms with van der Waals surface area (Å²) in [6.07, 6.45) is 1.82. The topological polar surface area (TPSA) is 80.0 Å². The first-order chi connectivity index (χ1) is 15.1. The van der Waals surface area contributed by atoms with Crippen molar-refractivity contribution >= 4 is 16.9 Å². The van der Waals surface area contributed by atoms with Crippen molar-refractivity contribution in [1.82, 2.24) is 20.1 Å². The molecule has 7 heteroatoms. The maximum atomic E-state index is 14.3. The average Bonchev–Trinajstić information content (AvgIpc) is 3.22. The first kappa shape index (κ1) is 20.7. The summed E-state index contributed by atoms with van der Waals surface area (Å²) in [7, 11) is 0. The number of benzene rings is 2. The van der Waals surface area contributed by atoms with E-state index >= 15 is 0 Å². The second-order valence-electron chi connectivity index (χ2n) is 7.18. The molecule has 2 aromatic carbocycles. The van der Waals surface area contributed by atoms with Crippen LogP contribution in [0.5, 0.6) is 0 Å². The highest BCUT2D eigenvalue weighted by Crippen LogP contribution is 2.26. The minimum absolute atomic E-state index is 0.186. The number of aryl methyl sites for hydroxylation is 1. The van der Waals surface area contributed by atoms with Gasteiger partial charge in [0.1, 0.15) is 5.82 Å².